The maximum Gasteiger partial charge on any atom is 0.330 e. The van der Waals surface area contributed by atoms with Crippen LogP contribution in [0.5, 0.6) is 0 Å². The van der Waals surface area contributed by atoms with Crippen molar-refractivity contribution in [1.82, 2.24) is 24.5 Å². The van der Waals surface area contributed by atoms with Gasteiger partial charge in [-0.1, -0.05) is 39.3 Å². The second kappa shape index (κ2) is 22.9. The van der Waals surface area contributed by atoms with E-state index >= 15 is 0 Å². The zero-order chi connectivity index (χ0) is 25.0. The van der Waals surface area contributed by atoms with Crippen molar-refractivity contribution in [3.8, 4) is 11.8 Å². The van der Waals surface area contributed by atoms with Gasteiger partial charge in [0.2, 0.25) is 0 Å². The van der Waals surface area contributed by atoms with Crippen molar-refractivity contribution in [2.75, 3.05) is 33.5 Å². The van der Waals surface area contributed by atoms with Gasteiger partial charge in [-0.25, -0.2) is 4.79 Å². The monoisotopic (exact) mass is 791 g/mol. The Labute approximate surface area is 262 Å². The van der Waals surface area contributed by atoms with Crippen LogP contribution in [0.4, 0.5) is 0 Å². The van der Waals surface area contributed by atoms with Crippen LogP contribution in [0.1, 0.15) is 71.9 Å². The van der Waals surface area contributed by atoms with E-state index in [4.69, 9.17) is 19.9 Å². The number of nitrogens with two attached hydrogens (primary N) is 1. The molecule has 228 valence electrons. The van der Waals surface area contributed by atoms with Gasteiger partial charge in [0.25, 0.3) is 5.56 Å². The van der Waals surface area contributed by atoms with Crippen LogP contribution in [0, 0.1) is 50.4 Å². The van der Waals surface area contributed by atoms with Crippen LogP contribution in [0.2, 0.25) is 0 Å². The van der Waals surface area contributed by atoms with E-state index in [0.29, 0.717) is 32.6 Å². The van der Waals surface area contributed by atoms with E-state index in [0.717, 1.165) is 37.9 Å². The van der Waals surface area contributed by atoms with Gasteiger partial charge in [-0.2, -0.15) is 0 Å². The fraction of sp³-hybridized carbons (Fsp3) is 0.667. The Balaban J connectivity index is -0.00000274. The molecule has 40 heavy (non-hydrogen) atoms. The molecule has 2 aromatic rings. The topological polar surface area (TPSA) is 160 Å². The standard InChI is InChI=1S/C23H34N6O6.3CH4.CH3.U/c1-33-19-13-21(35-20(19)16-30)29-14-17(22(31)25-23(29)32)7-4-2-3-5-8-18-15-28(27-26-18)10-6-11-34-12-9-24;;;;;/h14-15,19-21,30H,2-3,5-6,8-13,16,24H2,1H3,(H,25,31,32);3*1H4;1H3;/q;;;;-1;/t19-,20-,21-;;;;;/m1...../s1. The van der Waals surface area contributed by atoms with Crippen LogP contribution in [0.3, 0.4) is 0 Å². The molecule has 2 aromatic heterocycles. The normalized spacial score (nSPS) is 17.1. The smallest absolute Gasteiger partial charge is 0.330 e. The molecule has 0 saturated carbocycles. The predicted octanol–water partition coefficient (Wildman–Crippen LogP) is 1.91. The first-order valence-electron chi connectivity index (χ1n) is 11.9. The minimum atomic E-state index is -0.645. The summed E-state index contributed by atoms with van der Waals surface area (Å²) in [7, 11) is 1.52. The number of aliphatic hydroxyl groups excluding tert-OH is 1. The summed E-state index contributed by atoms with van der Waals surface area (Å²) in [6, 6.07) is 0. The Hall–Kier alpha value is -1.77. The van der Waals surface area contributed by atoms with Gasteiger partial charge >= 0.3 is 5.69 Å². The van der Waals surface area contributed by atoms with Crippen LogP contribution >= 0.6 is 0 Å². The van der Waals surface area contributed by atoms with Gasteiger partial charge < -0.3 is 32.5 Å². The maximum absolute atomic E-state index is 12.3. The number of aromatic nitrogens is 5. The average molecular weight is 792 g/mol. The molecule has 1 saturated heterocycles. The summed E-state index contributed by atoms with van der Waals surface area (Å²) in [6.07, 6.45) is 6.19. The Morgan fingerprint density at radius 1 is 1.20 bits per heavy atom. The number of aryl methyl sites for hydroxylation is 2. The molecule has 3 atom stereocenters. The van der Waals surface area contributed by atoms with Crippen molar-refractivity contribution in [3.63, 3.8) is 0 Å². The molecule has 0 radical (unpaired) electrons. The van der Waals surface area contributed by atoms with Gasteiger partial charge in [0.05, 0.1) is 25.0 Å². The number of hydrogen-bond donors (Lipinski definition) is 3. The quantitative estimate of drug-likeness (QED) is 0.157. The summed E-state index contributed by atoms with van der Waals surface area (Å²) in [6.45, 7) is 2.27. The maximum atomic E-state index is 12.3. The second-order valence-corrected chi connectivity index (χ2v) is 8.27. The number of H-pyrrole nitrogens is 1. The zero-order valence-electron chi connectivity index (χ0n) is 21.5. The zero-order valence-corrected chi connectivity index (χ0v) is 25.7. The summed E-state index contributed by atoms with van der Waals surface area (Å²) in [5.41, 5.74) is 5.38. The van der Waals surface area contributed by atoms with E-state index in [2.05, 4.69) is 27.1 Å². The summed E-state index contributed by atoms with van der Waals surface area (Å²) < 4.78 is 19.5. The SMILES string of the molecule is C.C.C.CO[C@@H]1C[C@H](n2cc(C#CCCCCc3cn(CCCOCCN)nn3)c(=O)[nH]c2=O)O[C@@H]1CO.[CH3-].[U]. The van der Waals surface area contributed by atoms with E-state index in [1.165, 1.54) is 17.9 Å². The molecule has 4 N–H and O–H groups in total. The number of rotatable bonds is 13. The molecular formula is C27H49N6O6U-. The predicted molar refractivity (Wildman–Crippen MR) is 153 cm³/mol. The number of ether oxygens (including phenoxy) is 3. The Morgan fingerprint density at radius 3 is 2.60 bits per heavy atom. The fourth-order valence-corrected chi connectivity index (χ4v) is 3.83. The van der Waals surface area contributed by atoms with Crippen LogP contribution in [0.15, 0.2) is 22.0 Å². The second-order valence-electron chi connectivity index (χ2n) is 8.27. The van der Waals surface area contributed by atoms with Gasteiger partial charge in [0, 0.05) is 83.2 Å². The van der Waals surface area contributed by atoms with Crippen molar-refractivity contribution in [2.45, 2.75) is 85.8 Å². The first-order valence-corrected chi connectivity index (χ1v) is 11.9. The molecule has 0 bridgehead atoms. The number of nitrogens with one attached hydrogen (secondary N) is 1. The molecule has 1 aliphatic rings. The third-order valence-corrected chi connectivity index (χ3v) is 5.67. The molecule has 0 spiro atoms. The largest absolute Gasteiger partial charge is 0.394 e. The Morgan fingerprint density at radius 2 is 1.95 bits per heavy atom. The Kier molecular flexibility index (Phi) is 24.4. The van der Waals surface area contributed by atoms with E-state index in [1.54, 1.807) is 0 Å². The molecule has 0 aliphatic carbocycles. The van der Waals surface area contributed by atoms with Crippen molar-refractivity contribution < 1.29 is 50.4 Å². The molecule has 0 amide bonds. The summed E-state index contributed by atoms with van der Waals surface area (Å²) in [5, 5.41) is 17.7. The van der Waals surface area contributed by atoms with Crippen LogP contribution in [-0.2, 0) is 27.2 Å². The minimum absolute atomic E-state index is 0. The number of hydrogen-bond acceptors (Lipinski definition) is 9. The van der Waals surface area contributed by atoms with E-state index in [1.807, 2.05) is 10.9 Å². The van der Waals surface area contributed by atoms with Gasteiger partial charge in [-0.15, -0.1) is 5.10 Å². The van der Waals surface area contributed by atoms with Crippen molar-refractivity contribution >= 4 is 0 Å². The molecule has 3 rings (SSSR count). The van der Waals surface area contributed by atoms with Crippen molar-refractivity contribution in [1.29, 1.82) is 0 Å². The molecule has 12 nitrogen and oxygen atoms in total. The van der Waals surface area contributed by atoms with Crippen molar-refractivity contribution in [2.24, 2.45) is 5.73 Å². The van der Waals surface area contributed by atoms with E-state index in [9.17, 15) is 14.7 Å². The van der Waals surface area contributed by atoms with Crippen molar-refractivity contribution in [3.05, 3.63) is 51.9 Å². The molecule has 3 heterocycles. The molecule has 0 aromatic carbocycles. The first kappa shape index (κ1) is 42.7. The molecule has 13 heteroatoms. The molecule has 1 fully saturated rings. The number of methoxy groups -OCH3 is 1. The van der Waals surface area contributed by atoms with Gasteiger partial charge in [0.1, 0.15) is 17.9 Å². The number of aliphatic hydroxyl groups is 1. The molecular weight excluding hydrogens is 742 g/mol. The average Bonchev–Trinajstić information content (AvgIpc) is 3.48. The van der Waals surface area contributed by atoms with Gasteiger partial charge in [-0.3, -0.25) is 19.0 Å². The third kappa shape index (κ3) is 12.8. The summed E-state index contributed by atoms with van der Waals surface area (Å²) >= 11 is 0. The summed E-state index contributed by atoms with van der Waals surface area (Å²) in [4.78, 5) is 26.7. The Bertz CT molecular complexity index is 1100. The van der Waals surface area contributed by atoms with E-state index in [-0.39, 0.29) is 79.1 Å². The third-order valence-electron chi connectivity index (χ3n) is 5.67. The number of nitrogens with zero attached hydrogens (tertiary/aromatic N) is 4. The van der Waals surface area contributed by atoms with Crippen LogP contribution in [-0.4, -0.2) is 75.3 Å². The van der Waals surface area contributed by atoms with E-state index < -0.39 is 23.6 Å². The van der Waals surface area contributed by atoms with Gasteiger partial charge in [-0.05, 0) is 25.7 Å². The number of aromatic amines is 1. The first-order chi connectivity index (χ1) is 17.0. The van der Waals surface area contributed by atoms with Crippen LogP contribution < -0.4 is 17.0 Å². The molecule has 0 unspecified atom stereocenters. The molecule has 1 aliphatic heterocycles. The number of unbranched alkanes of at least 4 members (excludes halogenated alkanes) is 2. The van der Waals surface area contributed by atoms with Crippen LogP contribution in [0.25, 0.3) is 0 Å². The summed E-state index contributed by atoms with van der Waals surface area (Å²) in [5.74, 6) is 5.85. The minimum Gasteiger partial charge on any atom is -0.394 e. The van der Waals surface area contributed by atoms with Gasteiger partial charge in [0.15, 0.2) is 0 Å². The fourth-order valence-electron chi connectivity index (χ4n) is 3.83.